The summed E-state index contributed by atoms with van der Waals surface area (Å²) in [5.41, 5.74) is 0. The molecule has 3 fully saturated rings. The summed E-state index contributed by atoms with van der Waals surface area (Å²) in [4.78, 5) is 4.07. The van der Waals surface area contributed by atoms with Gasteiger partial charge in [-0.05, 0) is 25.7 Å². The van der Waals surface area contributed by atoms with E-state index in [1.165, 1.54) is 0 Å². The van der Waals surface area contributed by atoms with E-state index in [1.54, 1.807) is 10.5 Å². The molecule has 2 saturated carbocycles. The van der Waals surface area contributed by atoms with Crippen molar-refractivity contribution in [3.8, 4) is 0 Å². The summed E-state index contributed by atoms with van der Waals surface area (Å²) in [7, 11) is -3.09. The first-order valence-corrected chi connectivity index (χ1v) is 9.24. The molecule has 2 heterocycles. The zero-order valence-electron chi connectivity index (χ0n) is 12.0. The van der Waals surface area contributed by atoms with E-state index in [1.807, 2.05) is 12.5 Å². The highest BCUT2D eigenvalue weighted by Gasteiger charge is 2.50. The lowest BCUT2D eigenvalue weighted by atomic mass is 10.0. The van der Waals surface area contributed by atoms with Gasteiger partial charge in [-0.2, -0.15) is 4.31 Å². The van der Waals surface area contributed by atoms with Crippen LogP contribution in [0.25, 0.3) is 0 Å². The van der Waals surface area contributed by atoms with Gasteiger partial charge in [0, 0.05) is 31.4 Å². The van der Waals surface area contributed by atoms with E-state index in [9.17, 15) is 8.42 Å². The molecule has 1 saturated heterocycles. The molecule has 0 N–H and O–H groups in total. The zero-order chi connectivity index (χ0) is 14.4. The molecule has 1 aliphatic heterocycles. The Labute approximate surface area is 125 Å². The minimum Gasteiger partial charge on any atom is -0.375 e. The molecule has 3 atom stereocenters. The van der Waals surface area contributed by atoms with Gasteiger partial charge < -0.3 is 9.30 Å². The number of imidazole rings is 1. The zero-order valence-corrected chi connectivity index (χ0v) is 12.8. The van der Waals surface area contributed by atoms with Crippen molar-refractivity contribution in [3.63, 3.8) is 0 Å². The number of sulfonamides is 1. The van der Waals surface area contributed by atoms with Crippen LogP contribution in [0.3, 0.4) is 0 Å². The van der Waals surface area contributed by atoms with E-state index in [2.05, 4.69) is 9.55 Å². The van der Waals surface area contributed by atoms with Gasteiger partial charge in [0.25, 0.3) is 0 Å². The Bertz CT molecular complexity index is 597. The average molecular weight is 311 g/mol. The van der Waals surface area contributed by atoms with Gasteiger partial charge in [-0.15, -0.1) is 0 Å². The normalized spacial score (nSPS) is 34.0. The van der Waals surface area contributed by atoms with Crippen LogP contribution in [-0.4, -0.2) is 52.8 Å². The maximum Gasteiger partial charge on any atom is 0.217 e. The van der Waals surface area contributed by atoms with Gasteiger partial charge in [0.2, 0.25) is 10.0 Å². The second kappa shape index (κ2) is 5.07. The molecule has 0 bridgehead atoms. The van der Waals surface area contributed by atoms with Gasteiger partial charge in [0.1, 0.15) is 0 Å². The van der Waals surface area contributed by atoms with Gasteiger partial charge in [-0.25, -0.2) is 13.4 Å². The molecule has 4 rings (SSSR count). The van der Waals surface area contributed by atoms with Crippen molar-refractivity contribution >= 4 is 10.0 Å². The van der Waals surface area contributed by atoms with Crippen LogP contribution < -0.4 is 0 Å². The smallest absolute Gasteiger partial charge is 0.217 e. The first kappa shape index (κ1) is 13.7. The molecule has 3 aliphatic rings. The maximum atomic E-state index is 12.6. The molecule has 0 aromatic carbocycles. The van der Waals surface area contributed by atoms with Crippen LogP contribution in [-0.2, 0) is 21.3 Å². The lowest BCUT2D eigenvalue weighted by molar-refractivity contribution is -0.0486. The highest BCUT2D eigenvalue weighted by atomic mass is 32.2. The van der Waals surface area contributed by atoms with Crippen LogP contribution in [0.1, 0.15) is 25.7 Å². The van der Waals surface area contributed by atoms with Crippen LogP contribution in [0.2, 0.25) is 0 Å². The number of nitrogens with zero attached hydrogens (tertiary/aromatic N) is 3. The van der Waals surface area contributed by atoms with E-state index in [0.29, 0.717) is 19.1 Å². The highest BCUT2D eigenvalue weighted by molar-refractivity contribution is 7.90. The Balaban J connectivity index is 1.52. The SMILES string of the molecule is O=S(=O)(C1CC1)N1CCOC2C(Cn3ccnc3)CCC21. The maximum absolute atomic E-state index is 12.6. The summed E-state index contributed by atoms with van der Waals surface area (Å²) < 4.78 is 34.9. The van der Waals surface area contributed by atoms with Crippen molar-refractivity contribution in [2.45, 2.75) is 49.6 Å². The lowest BCUT2D eigenvalue weighted by Gasteiger charge is -2.38. The third-order valence-corrected chi connectivity index (χ3v) is 7.37. The minimum absolute atomic E-state index is 0.0367. The predicted molar refractivity (Wildman–Crippen MR) is 77.1 cm³/mol. The van der Waals surface area contributed by atoms with Crippen LogP contribution in [0.5, 0.6) is 0 Å². The molecular formula is C14H21N3O3S. The van der Waals surface area contributed by atoms with E-state index in [4.69, 9.17) is 4.74 Å². The van der Waals surface area contributed by atoms with Crippen molar-refractivity contribution in [2.75, 3.05) is 13.2 Å². The molecule has 0 amide bonds. The fraction of sp³-hybridized carbons (Fsp3) is 0.786. The number of aromatic nitrogens is 2. The van der Waals surface area contributed by atoms with Crippen LogP contribution >= 0.6 is 0 Å². The fourth-order valence-corrected chi connectivity index (χ4v) is 5.81. The summed E-state index contributed by atoms with van der Waals surface area (Å²) in [6, 6.07) is 0.0397. The number of fused-ring (bicyclic) bond motifs is 1. The monoisotopic (exact) mass is 311 g/mol. The van der Waals surface area contributed by atoms with Crippen molar-refractivity contribution in [1.82, 2.24) is 13.9 Å². The largest absolute Gasteiger partial charge is 0.375 e. The lowest BCUT2D eigenvalue weighted by Crippen LogP contribution is -2.53. The number of hydrogen-bond acceptors (Lipinski definition) is 4. The molecule has 1 aromatic heterocycles. The number of morpholine rings is 1. The second-order valence-corrected chi connectivity index (χ2v) is 8.52. The van der Waals surface area contributed by atoms with E-state index >= 15 is 0 Å². The molecule has 116 valence electrons. The summed E-state index contributed by atoms with van der Waals surface area (Å²) in [5, 5.41) is -0.121. The van der Waals surface area contributed by atoms with Crippen LogP contribution in [0, 0.1) is 5.92 Å². The standard InChI is InChI=1S/C14H21N3O3S/c18-21(19,12-2-3-12)17-7-8-20-14-11(1-4-13(14)17)9-16-6-5-15-10-16/h5-6,10-14H,1-4,7-9H2. The minimum atomic E-state index is -3.09. The Kier molecular flexibility index (Phi) is 3.31. The van der Waals surface area contributed by atoms with E-state index < -0.39 is 10.0 Å². The van der Waals surface area contributed by atoms with Gasteiger partial charge in [0.15, 0.2) is 0 Å². The Morgan fingerprint density at radius 3 is 2.81 bits per heavy atom. The molecular weight excluding hydrogens is 290 g/mol. The molecule has 0 spiro atoms. The number of ether oxygens (including phenoxy) is 1. The Morgan fingerprint density at radius 1 is 1.24 bits per heavy atom. The number of rotatable bonds is 4. The summed E-state index contributed by atoms with van der Waals surface area (Å²) >= 11 is 0. The molecule has 21 heavy (non-hydrogen) atoms. The fourth-order valence-electron chi connectivity index (χ4n) is 3.76. The van der Waals surface area contributed by atoms with Gasteiger partial charge in [-0.1, -0.05) is 0 Å². The first-order valence-electron chi connectivity index (χ1n) is 7.74. The topological polar surface area (TPSA) is 64.4 Å². The van der Waals surface area contributed by atoms with Gasteiger partial charge in [0.05, 0.1) is 30.3 Å². The van der Waals surface area contributed by atoms with Crippen LogP contribution in [0.4, 0.5) is 0 Å². The van der Waals surface area contributed by atoms with Gasteiger partial charge >= 0.3 is 0 Å². The van der Waals surface area contributed by atoms with Gasteiger partial charge in [-0.3, -0.25) is 0 Å². The molecule has 2 aliphatic carbocycles. The molecule has 7 heteroatoms. The third-order valence-electron chi connectivity index (χ3n) is 4.95. The molecule has 0 radical (unpaired) electrons. The number of hydrogen-bond donors (Lipinski definition) is 0. The van der Waals surface area contributed by atoms with E-state index in [0.717, 1.165) is 32.2 Å². The predicted octanol–water partition coefficient (Wildman–Crippen LogP) is 0.855. The first-order chi connectivity index (χ1) is 10.2. The summed E-state index contributed by atoms with van der Waals surface area (Å²) in [6.07, 6.45) is 9.17. The molecule has 1 aromatic rings. The quantitative estimate of drug-likeness (QED) is 0.827. The van der Waals surface area contributed by atoms with E-state index in [-0.39, 0.29) is 17.4 Å². The van der Waals surface area contributed by atoms with Crippen LogP contribution in [0.15, 0.2) is 18.7 Å². The Morgan fingerprint density at radius 2 is 2.10 bits per heavy atom. The molecule has 6 nitrogen and oxygen atoms in total. The van der Waals surface area contributed by atoms with Crippen molar-refractivity contribution in [1.29, 1.82) is 0 Å². The average Bonchev–Trinajstić information content (AvgIpc) is 3.09. The van der Waals surface area contributed by atoms with Crippen molar-refractivity contribution in [2.24, 2.45) is 5.92 Å². The molecule has 3 unspecified atom stereocenters. The highest BCUT2D eigenvalue weighted by Crippen LogP contribution is 2.40. The summed E-state index contributed by atoms with van der Waals surface area (Å²) in [6.45, 7) is 1.91. The van der Waals surface area contributed by atoms with Crippen molar-refractivity contribution < 1.29 is 13.2 Å². The van der Waals surface area contributed by atoms with Crippen molar-refractivity contribution in [3.05, 3.63) is 18.7 Å². The Hall–Kier alpha value is -0.920. The third kappa shape index (κ3) is 2.41. The summed E-state index contributed by atoms with van der Waals surface area (Å²) in [5.74, 6) is 0.376. The second-order valence-electron chi connectivity index (χ2n) is 6.35.